The molecule has 134 valence electrons. The predicted molar refractivity (Wildman–Crippen MR) is 96.3 cm³/mol. The molecule has 1 aliphatic rings. The molecule has 0 saturated carbocycles. The van der Waals surface area contributed by atoms with Gasteiger partial charge in [-0.1, -0.05) is 84.0 Å². The highest BCUT2D eigenvalue weighted by Gasteiger charge is 2.25. The van der Waals surface area contributed by atoms with Crippen molar-refractivity contribution in [3.8, 4) is 0 Å². The van der Waals surface area contributed by atoms with Gasteiger partial charge in [-0.3, -0.25) is 14.5 Å². The maximum atomic E-state index is 11.9. The summed E-state index contributed by atoms with van der Waals surface area (Å²) >= 11 is 0. The van der Waals surface area contributed by atoms with E-state index in [1.165, 1.54) is 75.5 Å². The van der Waals surface area contributed by atoms with Gasteiger partial charge in [0.05, 0.1) is 0 Å². The maximum Gasteiger partial charge on any atom is 0.229 e. The number of likely N-dealkylation sites (tertiary alicyclic amines) is 1. The fourth-order valence-electron chi connectivity index (χ4n) is 3.34. The van der Waals surface area contributed by atoms with Gasteiger partial charge in [0.25, 0.3) is 0 Å². The van der Waals surface area contributed by atoms with Gasteiger partial charge in [-0.05, 0) is 12.8 Å². The molecule has 0 N–H and O–H groups in total. The fraction of sp³-hybridized carbons (Fsp3) is 0.900. The molecule has 1 aliphatic heterocycles. The van der Waals surface area contributed by atoms with Gasteiger partial charge in [-0.15, -0.1) is 0 Å². The van der Waals surface area contributed by atoms with Crippen LogP contribution in [0.3, 0.4) is 0 Å². The molecular weight excluding hydrogens is 286 g/mol. The Morgan fingerprint density at radius 3 is 1.74 bits per heavy atom. The van der Waals surface area contributed by atoms with E-state index in [1.807, 2.05) is 0 Å². The van der Waals surface area contributed by atoms with Crippen LogP contribution in [0.2, 0.25) is 0 Å². The molecule has 0 radical (unpaired) electrons. The van der Waals surface area contributed by atoms with E-state index >= 15 is 0 Å². The minimum Gasteiger partial charge on any atom is -0.283 e. The lowest BCUT2D eigenvalue weighted by Crippen LogP contribution is -2.31. The number of amides is 2. The highest BCUT2D eigenvalue weighted by Crippen LogP contribution is 2.15. The van der Waals surface area contributed by atoms with Crippen molar-refractivity contribution in [2.45, 2.75) is 110 Å². The molecular formula is C20H37NO2. The lowest BCUT2D eigenvalue weighted by atomic mass is 10.0. The Labute approximate surface area is 143 Å². The number of hydrogen-bond acceptors (Lipinski definition) is 2. The summed E-state index contributed by atoms with van der Waals surface area (Å²) in [5.74, 6) is 0.0836. The highest BCUT2D eigenvalue weighted by atomic mass is 16.2. The summed E-state index contributed by atoms with van der Waals surface area (Å²) in [6.45, 7) is 2.91. The molecule has 2 amide bonds. The smallest absolute Gasteiger partial charge is 0.229 e. The SMILES string of the molecule is CCCCCCCCCCCCCCCC(=O)N1CCCC1=O. The van der Waals surface area contributed by atoms with Crippen molar-refractivity contribution < 1.29 is 9.59 Å². The summed E-state index contributed by atoms with van der Waals surface area (Å²) in [6, 6.07) is 0. The number of rotatable bonds is 14. The molecule has 23 heavy (non-hydrogen) atoms. The molecule has 1 saturated heterocycles. The van der Waals surface area contributed by atoms with E-state index in [0.29, 0.717) is 19.4 Å². The van der Waals surface area contributed by atoms with Crippen molar-refractivity contribution in [1.82, 2.24) is 4.90 Å². The zero-order chi connectivity index (χ0) is 16.8. The van der Waals surface area contributed by atoms with Crippen LogP contribution in [0, 0.1) is 0 Å². The van der Waals surface area contributed by atoms with Crippen LogP contribution >= 0.6 is 0 Å². The van der Waals surface area contributed by atoms with E-state index in [2.05, 4.69) is 6.92 Å². The highest BCUT2D eigenvalue weighted by molar-refractivity contribution is 5.96. The van der Waals surface area contributed by atoms with Crippen molar-refractivity contribution in [2.24, 2.45) is 0 Å². The summed E-state index contributed by atoms with van der Waals surface area (Å²) < 4.78 is 0. The quantitative estimate of drug-likeness (QED) is 0.389. The van der Waals surface area contributed by atoms with Crippen molar-refractivity contribution in [2.75, 3.05) is 6.54 Å². The Morgan fingerprint density at radius 1 is 0.826 bits per heavy atom. The molecule has 0 aliphatic carbocycles. The van der Waals surface area contributed by atoms with Crippen molar-refractivity contribution >= 4 is 11.8 Å². The third-order valence-corrected chi connectivity index (χ3v) is 4.87. The molecule has 0 aromatic heterocycles. The van der Waals surface area contributed by atoms with Gasteiger partial charge >= 0.3 is 0 Å². The van der Waals surface area contributed by atoms with Crippen LogP contribution in [0.15, 0.2) is 0 Å². The second-order valence-electron chi connectivity index (χ2n) is 7.04. The fourth-order valence-corrected chi connectivity index (χ4v) is 3.34. The summed E-state index contributed by atoms with van der Waals surface area (Å²) in [5.41, 5.74) is 0. The zero-order valence-corrected chi connectivity index (χ0v) is 15.3. The van der Waals surface area contributed by atoms with Gasteiger partial charge in [0.1, 0.15) is 0 Å². The number of unbranched alkanes of at least 4 members (excludes halogenated alkanes) is 12. The van der Waals surface area contributed by atoms with Crippen LogP contribution in [0.25, 0.3) is 0 Å². The molecule has 0 atom stereocenters. The van der Waals surface area contributed by atoms with Gasteiger partial charge in [0, 0.05) is 19.4 Å². The first-order valence-corrected chi connectivity index (χ1v) is 10.1. The zero-order valence-electron chi connectivity index (χ0n) is 15.3. The molecule has 3 heteroatoms. The van der Waals surface area contributed by atoms with Crippen LogP contribution in [0.1, 0.15) is 110 Å². The molecule has 0 aromatic carbocycles. The molecule has 0 aromatic rings. The Balaban J connectivity index is 1.79. The van der Waals surface area contributed by atoms with E-state index < -0.39 is 0 Å². The van der Waals surface area contributed by atoms with E-state index in [9.17, 15) is 9.59 Å². The molecule has 0 bridgehead atoms. The van der Waals surface area contributed by atoms with Gasteiger partial charge in [0.15, 0.2) is 0 Å². The van der Waals surface area contributed by atoms with E-state index in [-0.39, 0.29) is 11.8 Å². The minimum atomic E-state index is 0.0321. The first-order valence-electron chi connectivity index (χ1n) is 10.1. The van der Waals surface area contributed by atoms with Gasteiger partial charge in [0.2, 0.25) is 11.8 Å². The summed E-state index contributed by atoms with van der Waals surface area (Å²) in [7, 11) is 0. The second-order valence-corrected chi connectivity index (χ2v) is 7.04. The number of carbonyl (C=O) groups excluding carboxylic acids is 2. The Bertz CT molecular complexity index is 328. The number of imide groups is 1. The third kappa shape index (κ3) is 9.78. The predicted octanol–water partition coefficient (Wildman–Crippen LogP) is 5.62. The van der Waals surface area contributed by atoms with E-state index in [1.54, 1.807) is 0 Å². The topological polar surface area (TPSA) is 37.4 Å². The average molecular weight is 324 g/mol. The third-order valence-electron chi connectivity index (χ3n) is 4.87. The van der Waals surface area contributed by atoms with Gasteiger partial charge in [-0.25, -0.2) is 0 Å². The summed E-state index contributed by atoms with van der Waals surface area (Å²) in [5, 5.41) is 0. The molecule has 1 rings (SSSR count). The molecule has 0 spiro atoms. The van der Waals surface area contributed by atoms with E-state index in [4.69, 9.17) is 0 Å². The van der Waals surface area contributed by atoms with Crippen LogP contribution in [-0.2, 0) is 9.59 Å². The number of nitrogens with zero attached hydrogens (tertiary/aromatic N) is 1. The first-order chi connectivity index (χ1) is 11.3. The number of hydrogen-bond donors (Lipinski definition) is 0. The van der Waals surface area contributed by atoms with Crippen LogP contribution in [-0.4, -0.2) is 23.3 Å². The molecule has 3 nitrogen and oxygen atoms in total. The monoisotopic (exact) mass is 323 g/mol. The second kappa shape index (κ2) is 13.6. The van der Waals surface area contributed by atoms with Crippen LogP contribution < -0.4 is 0 Å². The lowest BCUT2D eigenvalue weighted by Gasteiger charge is -2.12. The number of carbonyl (C=O) groups is 2. The van der Waals surface area contributed by atoms with Crippen molar-refractivity contribution in [3.05, 3.63) is 0 Å². The standard InChI is InChI=1S/C20H37NO2/c1-2-3-4-5-6-7-8-9-10-11-12-13-14-16-19(22)21-18-15-17-20(21)23/h2-18H2,1H3. The summed E-state index contributed by atoms with van der Waals surface area (Å²) in [6.07, 6.45) is 19.1. The Kier molecular flexibility index (Phi) is 11.9. The normalized spacial score (nSPS) is 14.7. The molecule has 1 heterocycles. The molecule has 0 unspecified atom stereocenters. The maximum absolute atomic E-state index is 11.9. The minimum absolute atomic E-state index is 0.0321. The van der Waals surface area contributed by atoms with E-state index in [0.717, 1.165) is 19.3 Å². The largest absolute Gasteiger partial charge is 0.283 e. The molecule has 1 fully saturated rings. The Morgan fingerprint density at radius 2 is 1.30 bits per heavy atom. The summed E-state index contributed by atoms with van der Waals surface area (Å²) in [4.78, 5) is 24.8. The van der Waals surface area contributed by atoms with Gasteiger partial charge in [-0.2, -0.15) is 0 Å². The van der Waals surface area contributed by atoms with Gasteiger partial charge < -0.3 is 0 Å². The average Bonchev–Trinajstić information content (AvgIpc) is 2.98. The first kappa shape index (κ1) is 20.2. The van der Waals surface area contributed by atoms with Crippen molar-refractivity contribution in [1.29, 1.82) is 0 Å². The van der Waals surface area contributed by atoms with Crippen LogP contribution in [0.5, 0.6) is 0 Å². The Hall–Kier alpha value is -0.860. The van der Waals surface area contributed by atoms with Crippen LogP contribution in [0.4, 0.5) is 0 Å². The lowest BCUT2D eigenvalue weighted by molar-refractivity contribution is -0.141. The van der Waals surface area contributed by atoms with Crippen molar-refractivity contribution in [3.63, 3.8) is 0 Å².